The molecule has 0 aliphatic carbocycles. The lowest BCUT2D eigenvalue weighted by atomic mass is 9.90. The molecule has 0 radical (unpaired) electrons. The van der Waals surface area contributed by atoms with E-state index in [0.717, 1.165) is 30.4 Å². The summed E-state index contributed by atoms with van der Waals surface area (Å²) in [6, 6.07) is 30.1. The van der Waals surface area contributed by atoms with E-state index < -0.39 is 0 Å². The van der Waals surface area contributed by atoms with E-state index in [1.165, 1.54) is 17.2 Å². The van der Waals surface area contributed by atoms with Crippen molar-refractivity contribution < 1.29 is 9.53 Å². The molecule has 3 heterocycles. The van der Waals surface area contributed by atoms with Crippen LogP contribution in [0.4, 0.5) is 0 Å². The van der Waals surface area contributed by atoms with Gasteiger partial charge in [0.25, 0.3) is 5.91 Å². The Balaban J connectivity index is 1.53. The van der Waals surface area contributed by atoms with Gasteiger partial charge in [-0.2, -0.15) is 0 Å². The average Bonchev–Trinajstić information content (AvgIpc) is 2.99. The van der Waals surface area contributed by atoms with Crippen LogP contribution in [0.1, 0.15) is 58.5 Å². The Hall–Kier alpha value is -4.32. The highest BCUT2D eigenvalue weighted by Crippen LogP contribution is 2.35. The van der Waals surface area contributed by atoms with E-state index in [1.807, 2.05) is 46.0 Å². The predicted octanol–water partition coefficient (Wildman–Crippen LogP) is 5.54. The second-order valence-corrected chi connectivity index (χ2v) is 10.6. The summed E-state index contributed by atoms with van der Waals surface area (Å²) < 4.78 is 7.99. The van der Waals surface area contributed by atoms with Gasteiger partial charge in [-0.3, -0.25) is 19.3 Å². The third-order valence-electron chi connectivity index (χ3n) is 7.90. The van der Waals surface area contributed by atoms with Crippen LogP contribution in [0.25, 0.3) is 0 Å². The molecule has 0 fully saturated rings. The van der Waals surface area contributed by atoms with Crippen molar-refractivity contribution in [3.8, 4) is 5.75 Å². The number of carbonyl (C=O) groups excluding carboxylic acids is 1. The Bertz CT molecular complexity index is 1520. The maximum Gasteiger partial charge on any atom is 0.277 e. The molecule has 0 N–H and O–H groups in total. The number of pyridine rings is 1. The van der Waals surface area contributed by atoms with Crippen molar-refractivity contribution in [1.29, 1.82) is 0 Å². The number of nitrogens with zero attached hydrogens (tertiary/aromatic N) is 3. The molecular formula is C33H33N3O3. The molecule has 1 aromatic heterocycles. The molecule has 2 unspecified atom stereocenters. The Morgan fingerprint density at radius 3 is 2.36 bits per heavy atom. The highest BCUT2D eigenvalue weighted by atomic mass is 16.5. The van der Waals surface area contributed by atoms with E-state index >= 15 is 0 Å². The second kappa shape index (κ2) is 10.8. The van der Waals surface area contributed by atoms with Gasteiger partial charge < -0.3 is 9.64 Å². The topological polar surface area (TPSA) is 54.8 Å². The average molecular weight is 520 g/mol. The lowest BCUT2D eigenvalue weighted by Crippen LogP contribution is -2.56. The van der Waals surface area contributed by atoms with Crippen LogP contribution in [-0.4, -0.2) is 28.7 Å². The molecule has 0 spiro atoms. The fraction of sp³-hybridized carbons (Fsp3) is 0.273. The minimum atomic E-state index is -0.290. The van der Waals surface area contributed by atoms with Crippen LogP contribution < -0.4 is 15.2 Å². The molecule has 198 valence electrons. The summed E-state index contributed by atoms with van der Waals surface area (Å²) in [5.74, 6) is 0.393. The first-order valence-corrected chi connectivity index (χ1v) is 13.7. The first kappa shape index (κ1) is 25.0. The molecule has 3 aromatic carbocycles. The zero-order chi connectivity index (χ0) is 26.8. The van der Waals surface area contributed by atoms with E-state index in [9.17, 15) is 9.59 Å². The third kappa shape index (κ3) is 4.94. The van der Waals surface area contributed by atoms with E-state index in [1.54, 1.807) is 6.20 Å². The standard InChI is InChI=1S/C33H33N3O3/c1-24-16-17-26-12-8-9-15-28(26)30(27-13-6-3-7-14-27)36-23-34(20-18-24)33(38)31-32(29(37)19-21-35(31)36)39-22-25-10-4-2-5-11-25/h2-15,19,21,24,30H,16-18,20,22-23H2,1H3. The first-order valence-electron chi connectivity index (χ1n) is 13.7. The summed E-state index contributed by atoms with van der Waals surface area (Å²) >= 11 is 0. The zero-order valence-corrected chi connectivity index (χ0v) is 22.2. The van der Waals surface area contributed by atoms with E-state index in [2.05, 4.69) is 60.5 Å². The van der Waals surface area contributed by atoms with Gasteiger partial charge in [0.15, 0.2) is 11.4 Å². The number of amides is 1. The van der Waals surface area contributed by atoms with Crippen LogP contribution in [0.5, 0.6) is 5.75 Å². The van der Waals surface area contributed by atoms with Crippen molar-refractivity contribution in [2.45, 2.75) is 38.8 Å². The molecule has 2 aliphatic heterocycles. The quantitative estimate of drug-likeness (QED) is 0.355. The van der Waals surface area contributed by atoms with Crippen molar-refractivity contribution in [3.63, 3.8) is 0 Å². The van der Waals surface area contributed by atoms with Gasteiger partial charge in [0.1, 0.15) is 13.3 Å². The van der Waals surface area contributed by atoms with Gasteiger partial charge in [-0.1, -0.05) is 91.9 Å². The third-order valence-corrected chi connectivity index (χ3v) is 7.90. The van der Waals surface area contributed by atoms with Crippen molar-refractivity contribution in [3.05, 3.63) is 135 Å². The van der Waals surface area contributed by atoms with Crippen molar-refractivity contribution in [1.82, 2.24) is 9.58 Å². The molecule has 4 aromatic rings. The summed E-state index contributed by atoms with van der Waals surface area (Å²) in [6.07, 6.45) is 4.65. The maximum absolute atomic E-state index is 14.0. The van der Waals surface area contributed by atoms with Gasteiger partial charge >= 0.3 is 0 Å². The summed E-state index contributed by atoms with van der Waals surface area (Å²) in [4.78, 5) is 29.1. The second-order valence-electron chi connectivity index (χ2n) is 10.6. The Kier molecular flexibility index (Phi) is 6.93. The van der Waals surface area contributed by atoms with Crippen LogP contribution in [0.2, 0.25) is 0 Å². The lowest BCUT2D eigenvalue weighted by molar-refractivity contribution is 0.0667. The van der Waals surface area contributed by atoms with Gasteiger partial charge in [-0.15, -0.1) is 0 Å². The predicted molar refractivity (Wildman–Crippen MR) is 152 cm³/mol. The van der Waals surface area contributed by atoms with Gasteiger partial charge in [-0.25, -0.2) is 0 Å². The molecule has 6 nitrogen and oxygen atoms in total. The van der Waals surface area contributed by atoms with Crippen LogP contribution in [0.3, 0.4) is 0 Å². The lowest BCUT2D eigenvalue weighted by Gasteiger charge is -2.44. The molecule has 39 heavy (non-hydrogen) atoms. The molecule has 2 atom stereocenters. The maximum atomic E-state index is 14.0. The van der Waals surface area contributed by atoms with Crippen molar-refractivity contribution in [2.75, 3.05) is 18.2 Å². The summed E-state index contributed by atoms with van der Waals surface area (Å²) in [5, 5.41) is 2.20. The highest BCUT2D eigenvalue weighted by Gasteiger charge is 2.37. The Labute approximate surface area is 229 Å². The summed E-state index contributed by atoms with van der Waals surface area (Å²) in [7, 11) is 0. The van der Waals surface area contributed by atoms with Gasteiger partial charge in [0, 0.05) is 18.8 Å². The number of carbonyl (C=O) groups is 1. The fourth-order valence-electron chi connectivity index (χ4n) is 5.72. The Morgan fingerprint density at radius 1 is 0.846 bits per heavy atom. The normalized spacial score (nSPS) is 19.1. The van der Waals surface area contributed by atoms with E-state index in [4.69, 9.17) is 4.74 Å². The SMILES string of the molecule is CC1CCc2ccccc2C(c2ccccc2)N2CN(CC1)C(=O)c1c(OCc3ccccc3)c(=O)ccn12. The summed E-state index contributed by atoms with van der Waals surface area (Å²) in [6.45, 7) is 3.50. The van der Waals surface area contributed by atoms with E-state index in [-0.39, 0.29) is 35.4 Å². The number of hydrogen-bond donors (Lipinski definition) is 0. The smallest absolute Gasteiger partial charge is 0.277 e. The number of aromatic nitrogens is 1. The van der Waals surface area contributed by atoms with Crippen LogP contribution >= 0.6 is 0 Å². The number of ether oxygens (including phenoxy) is 1. The molecule has 2 aliphatic rings. The largest absolute Gasteiger partial charge is 0.482 e. The number of fused-ring (bicyclic) bond motifs is 5. The molecule has 0 saturated heterocycles. The first-order chi connectivity index (χ1) is 19.1. The minimum Gasteiger partial charge on any atom is -0.482 e. The van der Waals surface area contributed by atoms with Gasteiger partial charge in [-0.05, 0) is 47.4 Å². The molecule has 2 bridgehead atoms. The summed E-state index contributed by atoms with van der Waals surface area (Å²) in [5.41, 5.74) is 4.59. The zero-order valence-electron chi connectivity index (χ0n) is 22.2. The fourth-order valence-corrected chi connectivity index (χ4v) is 5.72. The van der Waals surface area contributed by atoms with Gasteiger partial charge in [0.05, 0.1) is 6.04 Å². The molecule has 6 heteroatoms. The monoisotopic (exact) mass is 519 g/mol. The molecule has 1 amide bonds. The van der Waals surface area contributed by atoms with Gasteiger partial charge in [0.2, 0.25) is 5.43 Å². The number of aryl methyl sites for hydroxylation is 1. The molecule has 0 saturated carbocycles. The van der Waals surface area contributed by atoms with Crippen LogP contribution in [0.15, 0.2) is 102 Å². The van der Waals surface area contributed by atoms with Crippen LogP contribution in [0, 0.1) is 5.92 Å². The number of benzene rings is 3. The highest BCUT2D eigenvalue weighted by molar-refractivity contribution is 5.96. The minimum absolute atomic E-state index is 0.101. The number of hydrogen-bond acceptors (Lipinski definition) is 4. The molecular weight excluding hydrogens is 486 g/mol. The van der Waals surface area contributed by atoms with Crippen molar-refractivity contribution in [2.24, 2.45) is 5.92 Å². The van der Waals surface area contributed by atoms with Crippen LogP contribution in [-0.2, 0) is 13.0 Å². The van der Waals surface area contributed by atoms with E-state index in [0.29, 0.717) is 19.1 Å². The Morgan fingerprint density at radius 2 is 1.56 bits per heavy atom. The molecule has 6 rings (SSSR count). The van der Waals surface area contributed by atoms with Crippen molar-refractivity contribution >= 4 is 5.91 Å². The number of rotatable bonds is 4.